The van der Waals surface area contributed by atoms with Crippen LogP contribution in [0, 0.1) is 23.2 Å². The van der Waals surface area contributed by atoms with Crippen molar-refractivity contribution in [3.05, 3.63) is 16.7 Å². The Labute approximate surface area is 198 Å². The van der Waals surface area contributed by atoms with Gasteiger partial charge in [-0.3, -0.25) is 14.3 Å². The van der Waals surface area contributed by atoms with Crippen LogP contribution in [0.4, 0.5) is 5.95 Å². The number of aromatic nitrogens is 4. The summed E-state index contributed by atoms with van der Waals surface area (Å²) in [5.41, 5.74) is 5.63. The monoisotopic (exact) mass is 557 g/mol. The molecule has 196 valence electrons. The van der Waals surface area contributed by atoms with Crippen LogP contribution in [0.3, 0.4) is 0 Å². The zero-order valence-electron chi connectivity index (χ0n) is 18.6. The molecule has 2 aromatic heterocycles. The highest BCUT2D eigenvalue weighted by Crippen LogP contribution is 2.67. The molecule has 35 heavy (non-hydrogen) atoms. The van der Waals surface area contributed by atoms with Gasteiger partial charge in [0, 0.05) is 6.04 Å². The first-order valence-electron chi connectivity index (χ1n) is 10.5. The molecule has 0 radical (unpaired) electrons. The molecular weight excluding hydrogens is 531 g/mol. The van der Waals surface area contributed by atoms with Gasteiger partial charge in [-0.1, -0.05) is 13.8 Å². The second-order valence-corrected chi connectivity index (χ2v) is 14.0. The molecule has 0 aromatic carbocycles. The van der Waals surface area contributed by atoms with E-state index < -0.39 is 29.0 Å². The van der Waals surface area contributed by atoms with Gasteiger partial charge < -0.3 is 29.9 Å². The van der Waals surface area contributed by atoms with Crippen molar-refractivity contribution in [1.82, 2.24) is 19.5 Å². The number of imidazole rings is 1. The van der Waals surface area contributed by atoms with E-state index in [9.17, 15) is 28.3 Å². The molecule has 0 bridgehead atoms. The molecule has 2 aromatic rings. The quantitative estimate of drug-likeness (QED) is 0.253. The Morgan fingerprint density at radius 2 is 1.80 bits per heavy atom. The van der Waals surface area contributed by atoms with Gasteiger partial charge in [0.25, 0.3) is 5.56 Å². The van der Waals surface area contributed by atoms with Crippen LogP contribution in [0.2, 0.25) is 0 Å². The van der Waals surface area contributed by atoms with Gasteiger partial charge in [-0.2, -0.15) is 13.6 Å². The number of hydrogen-bond donors (Lipinski definition) is 6. The number of phosphoric ester groups is 1. The Morgan fingerprint density at radius 1 is 1.14 bits per heavy atom. The van der Waals surface area contributed by atoms with Crippen molar-refractivity contribution < 1.29 is 46.4 Å². The zero-order valence-corrected chi connectivity index (χ0v) is 21.3. The van der Waals surface area contributed by atoms with Crippen molar-refractivity contribution in [2.45, 2.75) is 39.2 Å². The summed E-state index contributed by atoms with van der Waals surface area (Å²) in [6.07, 6.45) is 3.53. The average molecular weight is 557 g/mol. The lowest BCUT2D eigenvalue weighted by atomic mass is 9.86. The molecule has 0 spiro atoms. The fraction of sp³-hybridized carbons (Fsp3) is 0.688. The Kier molecular flexibility index (Phi) is 6.73. The minimum atomic E-state index is -5.59. The molecule has 2 heterocycles. The number of nitrogens with two attached hydrogens (primary N) is 1. The van der Waals surface area contributed by atoms with Gasteiger partial charge in [0.1, 0.15) is 0 Å². The molecule has 4 unspecified atom stereocenters. The molecule has 2 fully saturated rings. The minimum Gasteiger partial charge on any atom is -0.369 e. The Bertz CT molecular complexity index is 1340. The normalized spacial score (nSPS) is 29.7. The van der Waals surface area contributed by atoms with Gasteiger partial charge in [-0.25, -0.2) is 18.7 Å². The molecule has 2 saturated carbocycles. The summed E-state index contributed by atoms with van der Waals surface area (Å²) in [5.74, 6) is -0.249. The third-order valence-corrected chi connectivity index (χ3v) is 10.2. The van der Waals surface area contributed by atoms with Crippen molar-refractivity contribution in [3.63, 3.8) is 0 Å². The van der Waals surface area contributed by atoms with Crippen LogP contribution >= 0.6 is 23.5 Å². The summed E-state index contributed by atoms with van der Waals surface area (Å²) in [6.45, 7) is 3.84. The number of H-pyrrole nitrogens is 1. The van der Waals surface area contributed by atoms with E-state index in [1.807, 2.05) is 0 Å². The van der Waals surface area contributed by atoms with Crippen molar-refractivity contribution in [1.29, 1.82) is 0 Å². The van der Waals surface area contributed by atoms with E-state index >= 15 is 0 Å². The fourth-order valence-corrected chi connectivity index (χ4v) is 8.52. The van der Waals surface area contributed by atoms with Gasteiger partial charge >= 0.3 is 23.5 Å². The maximum Gasteiger partial charge on any atom is 0.490 e. The topological polar surface area (TPSA) is 249 Å². The van der Waals surface area contributed by atoms with Crippen LogP contribution in [-0.2, 0) is 26.8 Å². The smallest absolute Gasteiger partial charge is 0.369 e. The number of aromatic amines is 1. The predicted molar refractivity (Wildman–Crippen MR) is 120 cm³/mol. The summed E-state index contributed by atoms with van der Waals surface area (Å²) < 4.78 is 48.9. The number of nitrogens with zero attached hydrogens (tertiary/aromatic N) is 3. The molecule has 16 nitrogen and oxygen atoms in total. The lowest BCUT2D eigenvalue weighted by molar-refractivity contribution is 0.136. The van der Waals surface area contributed by atoms with E-state index in [4.69, 9.17) is 20.0 Å². The second-order valence-electron chi connectivity index (χ2n) is 9.63. The molecule has 6 atom stereocenters. The molecule has 0 aliphatic heterocycles. The zero-order chi connectivity index (χ0) is 26.0. The van der Waals surface area contributed by atoms with Crippen LogP contribution in [0.15, 0.2) is 11.1 Å². The minimum absolute atomic E-state index is 0.0269. The first-order chi connectivity index (χ1) is 16.0. The van der Waals surface area contributed by atoms with E-state index in [0.717, 1.165) is 12.8 Å². The predicted octanol–water partition coefficient (Wildman–Crippen LogP) is 1.66. The van der Waals surface area contributed by atoms with E-state index in [1.54, 1.807) is 4.57 Å². The molecule has 4 rings (SSSR count). The largest absolute Gasteiger partial charge is 0.490 e. The molecule has 19 heteroatoms. The molecule has 7 N–H and O–H groups in total. The molecule has 0 saturated heterocycles. The van der Waals surface area contributed by atoms with Crippen LogP contribution in [-0.4, -0.2) is 45.7 Å². The summed E-state index contributed by atoms with van der Waals surface area (Å²) >= 11 is 0. The highest BCUT2D eigenvalue weighted by molar-refractivity contribution is 7.66. The van der Waals surface area contributed by atoms with E-state index in [1.165, 1.54) is 6.33 Å². The van der Waals surface area contributed by atoms with Gasteiger partial charge in [-0.15, -0.1) is 0 Å². The second kappa shape index (κ2) is 8.84. The maximum atomic E-state index is 12.2. The number of phosphoric acid groups is 3. The van der Waals surface area contributed by atoms with Crippen LogP contribution in [0.5, 0.6) is 0 Å². The third-order valence-electron chi connectivity index (χ3n) is 6.45. The van der Waals surface area contributed by atoms with Gasteiger partial charge in [0.05, 0.1) is 12.9 Å². The highest BCUT2D eigenvalue weighted by atomic mass is 31.3. The van der Waals surface area contributed by atoms with Crippen molar-refractivity contribution in [2.24, 2.45) is 23.2 Å². The SMILES string of the molecule is CC1(C)CC2C(C1)[C@H](n1cnc3c(=O)[nH]c(N)nc31)C[C@@H]2COP(=O)(O)OP(=O)(O)OP(=O)(O)O. The van der Waals surface area contributed by atoms with Crippen LogP contribution < -0.4 is 11.3 Å². The van der Waals surface area contributed by atoms with Crippen LogP contribution in [0.1, 0.15) is 39.2 Å². The average Bonchev–Trinajstić information content (AvgIpc) is 3.28. The highest BCUT2D eigenvalue weighted by Gasteiger charge is 2.53. The first kappa shape index (κ1) is 26.6. The molecule has 2 aliphatic rings. The third kappa shape index (κ3) is 5.94. The number of nitrogen functional groups attached to an aromatic ring is 1. The maximum absolute atomic E-state index is 12.2. The Hall–Kier alpha value is -1.44. The van der Waals surface area contributed by atoms with E-state index in [2.05, 4.69) is 37.4 Å². The van der Waals surface area contributed by atoms with Gasteiger partial charge in [0.15, 0.2) is 11.2 Å². The van der Waals surface area contributed by atoms with Crippen molar-refractivity contribution in [3.8, 4) is 0 Å². The number of hydrogen-bond acceptors (Lipinski definition) is 10. The van der Waals surface area contributed by atoms with E-state index in [0.29, 0.717) is 12.1 Å². The van der Waals surface area contributed by atoms with Crippen LogP contribution in [0.25, 0.3) is 11.2 Å². The first-order valence-corrected chi connectivity index (χ1v) is 15.0. The molecule has 0 amide bonds. The summed E-state index contributed by atoms with van der Waals surface area (Å²) in [5, 5.41) is 0. The summed E-state index contributed by atoms with van der Waals surface area (Å²) in [4.78, 5) is 59.5. The lowest BCUT2D eigenvalue weighted by Crippen LogP contribution is -2.18. The standard InChI is InChI=1S/C16H26N5O11P3/c1-16(2)4-9-8(6-30-34(26,27)32-35(28,29)31-33(23,24)25)3-11(10(9)5-16)21-7-18-12-13(21)19-15(17)20-14(12)22/h7-11H,3-6H2,1-2H3,(H,26,27)(H,28,29)(H2,23,24,25)(H3,17,19,20,22)/t8-,9?,10?,11-/m1/s1. The van der Waals surface area contributed by atoms with E-state index in [-0.39, 0.29) is 47.3 Å². The molecule has 2 aliphatic carbocycles. The van der Waals surface area contributed by atoms with Crippen molar-refractivity contribution in [2.75, 3.05) is 12.3 Å². The number of anilines is 1. The number of rotatable bonds is 8. The van der Waals surface area contributed by atoms with Gasteiger partial charge in [-0.05, 0) is 42.4 Å². The van der Waals surface area contributed by atoms with Crippen molar-refractivity contribution >= 4 is 40.6 Å². The molecular formula is C16H26N5O11P3. The Morgan fingerprint density at radius 3 is 2.46 bits per heavy atom. The lowest BCUT2D eigenvalue weighted by Gasteiger charge is -2.24. The fourth-order valence-electron chi connectivity index (χ4n) is 5.45. The Balaban J connectivity index is 1.55. The number of nitrogens with one attached hydrogen (secondary N) is 1. The summed E-state index contributed by atoms with van der Waals surface area (Å²) in [7, 11) is -16.3. The summed E-state index contributed by atoms with van der Waals surface area (Å²) in [6, 6.07) is -0.185. The van der Waals surface area contributed by atoms with Gasteiger partial charge in [0.2, 0.25) is 5.95 Å². The number of fused-ring (bicyclic) bond motifs is 2.